The molecule has 0 spiro atoms. The van der Waals surface area contributed by atoms with Crippen LogP contribution in [0.1, 0.15) is 60.4 Å². The van der Waals surface area contributed by atoms with Gasteiger partial charge in [0, 0.05) is 18.2 Å². The van der Waals surface area contributed by atoms with Crippen molar-refractivity contribution < 1.29 is 9.59 Å². The number of carbonyl (C=O) groups is 2. The lowest BCUT2D eigenvalue weighted by atomic mass is 10.1. The highest BCUT2D eigenvalue weighted by molar-refractivity contribution is 7.99. The van der Waals surface area contributed by atoms with E-state index in [0.717, 1.165) is 18.4 Å². The van der Waals surface area contributed by atoms with E-state index >= 15 is 0 Å². The molecule has 160 valence electrons. The minimum absolute atomic E-state index is 0.0162. The summed E-state index contributed by atoms with van der Waals surface area (Å²) in [5.41, 5.74) is 1.55. The molecule has 7 nitrogen and oxygen atoms in total. The first-order chi connectivity index (χ1) is 14.5. The normalized spacial score (nSPS) is 15.0. The highest BCUT2D eigenvalue weighted by Gasteiger charge is 2.22. The minimum Gasteiger partial charge on any atom is -0.353 e. The molecule has 1 aliphatic rings. The van der Waals surface area contributed by atoms with Crippen molar-refractivity contribution in [3.63, 3.8) is 0 Å². The maximum Gasteiger partial charge on any atom is 0.252 e. The standard InChI is InChI=1S/C22H29N5O2S/c1-4-13-27-20(16(3)23-21(29)18-12-8-5-9-15(18)2)25-26-22(27)30-14-19(28)24-17-10-6-7-11-17/h4-5,8-9,12,16-17H,1,6-7,10-11,13-14H2,2-3H3,(H,23,29)(H,24,28). The lowest BCUT2D eigenvalue weighted by Crippen LogP contribution is -2.33. The zero-order valence-electron chi connectivity index (χ0n) is 17.6. The molecule has 0 aliphatic heterocycles. The third-order valence-corrected chi connectivity index (χ3v) is 6.20. The van der Waals surface area contributed by atoms with Gasteiger partial charge in [0.15, 0.2) is 11.0 Å². The summed E-state index contributed by atoms with van der Waals surface area (Å²) in [4.78, 5) is 24.9. The first-order valence-electron chi connectivity index (χ1n) is 10.3. The molecule has 1 fully saturated rings. The van der Waals surface area contributed by atoms with Crippen LogP contribution in [0.2, 0.25) is 0 Å². The molecular weight excluding hydrogens is 398 g/mol. The van der Waals surface area contributed by atoms with Gasteiger partial charge >= 0.3 is 0 Å². The van der Waals surface area contributed by atoms with E-state index in [4.69, 9.17) is 0 Å². The van der Waals surface area contributed by atoms with Gasteiger partial charge in [-0.25, -0.2) is 0 Å². The lowest BCUT2D eigenvalue weighted by Gasteiger charge is -2.16. The van der Waals surface area contributed by atoms with Crippen LogP contribution in [0.25, 0.3) is 0 Å². The lowest BCUT2D eigenvalue weighted by molar-refractivity contribution is -0.119. The number of nitrogens with one attached hydrogen (secondary N) is 2. The Bertz CT molecular complexity index is 905. The van der Waals surface area contributed by atoms with Crippen molar-refractivity contribution in [3.05, 3.63) is 53.9 Å². The summed E-state index contributed by atoms with van der Waals surface area (Å²) in [5, 5.41) is 15.3. The molecule has 2 amide bonds. The zero-order chi connectivity index (χ0) is 21.5. The number of benzene rings is 1. The van der Waals surface area contributed by atoms with Gasteiger partial charge in [-0.2, -0.15) is 0 Å². The molecule has 2 N–H and O–H groups in total. The van der Waals surface area contributed by atoms with Gasteiger partial charge in [0.2, 0.25) is 5.91 Å². The van der Waals surface area contributed by atoms with Gasteiger partial charge < -0.3 is 15.2 Å². The van der Waals surface area contributed by atoms with Gasteiger partial charge in [-0.15, -0.1) is 16.8 Å². The number of allylic oxidation sites excluding steroid dienone is 1. The number of nitrogens with zero attached hydrogens (tertiary/aromatic N) is 3. The molecule has 1 heterocycles. The number of carbonyl (C=O) groups excluding carboxylic acids is 2. The molecule has 3 rings (SSSR count). The van der Waals surface area contributed by atoms with Crippen LogP contribution in [0, 0.1) is 6.92 Å². The summed E-state index contributed by atoms with van der Waals surface area (Å²) in [7, 11) is 0. The quantitative estimate of drug-likeness (QED) is 0.473. The van der Waals surface area contributed by atoms with E-state index in [2.05, 4.69) is 27.4 Å². The number of aromatic nitrogens is 3. The van der Waals surface area contributed by atoms with Crippen LogP contribution in [0.3, 0.4) is 0 Å². The minimum atomic E-state index is -0.341. The summed E-state index contributed by atoms with van der Waals surface area (Å²) >= 11 is 1.35. The first kappa shape index (κ1) is 22.1. The molecule has 2 aromatic rings. The smallest absolute Gasteiger partial charge is 0.252 e. The van der Waals surface area contributed by atoms with E-state index in [-0.39, 0.29) is 23.6 Å². The fraction of sp³-hybridized carbons (Fsp3) is 0.455. The molecule has 1 aromatic heterocycles. The third-order valence-electron chi connectivity index (χ3n) is 5.23. The van der Waals surface area contributed by atoms with Crippen LogP contribution in [0.15, 0.2) is 42.1 Å². The van der Waals surface area contributed by atoms with Crippen LogP contribution in [-0.4, -0.2) is 38.4 Å². The summed E-state index contributed by atoms with van der Waals surface area (Å²) in [6, 6.07) is 7.42. The van der Waals surface area contributed by atoms with Crippen LogP contribution >= 0.6 is 11.8 Å². The Hall–Kier alpha value is -2.61. The summed E-state index contributed by atoms with van der Waals surface area (Å²) < 4.78 is 1.89. The summed E-state index contributed by atoms with van der Waals surface area (Å²) in [6.07, 6.45) is 6.24. The highest BCUT2D eigenvalue weighted by Crippen LogP contribution is 2.22. The Balaban J connectivity index is 1.65. The fourth-order valence-corrected chi connectivity index (χ4v) is 4.43. The van der Waals surface area contributed by atoms with Crippen LogP contribution in [0.4, 0.5) is 0 Å². The predicted molar refractivity (Wildman–Crippen MR) is 118 cm³/mol. The molecule has 0 radical (unpaired) electrons. The van der Waals surface area contributed by atoms with Gasteiger partial charge in [0.05, 0.1) is 11.8 Å². The second-order valence-corrected chi connectivity index (χ2v) is 8.53. The number of amides is 2. The van der Waals surface area contributed by atoms with E-state index in [1.165, 1.54) is 24.6 Å². The van der Waals surface area contributed by atoms with Crippen molar-refractivity contribution in [3.8, 4) is 0 Å². The van der Waals surface area contributed by atoms with E-state index in [0.29, 0.717) is 29.1 Å². The molecule has 1 aromatic carbocycles. The Morgan fingerprint density at radius 1 is 1.30 bits per heavy atom. The van der Waals surface area contributed by atoms with Crippen LogP contribution < -0.4 is 10.6 Å². The van der Waals surface area contributed by atoms with Gasteiger partial charge in [-0.3, -0.25) is 9.59 Å². The van der Waals surface area contributed by atoms with Crippen molar-refractivity contribution in [2.24, 2.45) is 0 Å². The number of rotatable bonds is 9. The average molecular weight is 428 g/mol. The molecule has 1 saturated carbocycles. The van der Waals surface area contributed by atoms with E-state index in [1.54, 1.807) is 12.1 Å². The maximum absolute atomic E-state index is 12.7. The molecule has 30 heavy (non-hydrogen) atoms. The van der Waals surface area contributed by atoms with Crippen molar-refractivity contribution >= 4 is 23.6 Å². The van der Waals surface area contributed by atoms with E-state index in [9.17, 15) is 9.59 Å². The predicted octanol–water partition coefficient (Wildman–Crippen LogP) is 3.41. The molecule has 1 atom stereocenters. The fourth-order valence-electron chi connectivity index (χ4n) is 3.66. The highest BCUT2D eigenvalue weighted by atomic mass is 32.2. The Labute approximate surface area is 181 Å². The molecule has 1 aliphatic carbocycles. The molecule has 8 heteroatoms. The van der Waals surface area contributed by atoms with Gasteiger partial charge in [0.25, 0.3) is 5.91 Å². The molecule has 1 unspecified atom stereocenters. The van der Waals surface area contributed by atoms with Gasteiger partial charge in [-0.05, 0) is 38.3 Å². The average Bonchev–Trinajstić information content (AvgIpc) is 3.37. The third kappa shape index (κ3) is 5.50. The van der Waals surface area contributed by atoms with Crippen molar-refractivity contribution in [2.75, 3.05) is 5.75 Å². The van der Waals surface area contributed by atoms with E-state index in [1.807, 2.05) is 36.6 Å². The second-order valence-electron chi connectivity index (χ2n) is 7.59. The molecule has 0 saturated heterocycles. The zero-order valence-corrected chi connectivity index (χ0v) is 18.4. The Morgan fingerprint density at radius 2 is 2.03 bits per heavy atom. The molecule has 0 bridgehead atoms. The second kappa shape index (κ2) is 10.4. The summed E-state index contributed by atoms with van der Waals surface area (Å²) in [5.74, 6) is 0.785. The number of aryl methyl sites for hydroxylation is 1. The van der Waals surface area contributed by atoms with Gasteiger partial charge in [0.1, 0.15) is 0 Å². The number of hydrogen-bond donors (Lipinski definition) is 2. The topological polar surface area (TPSA) is 88.9 Å². The van der Waals surface area contributed by atoms with Crippen molar-refractivity contribution in [1.82, 2.24) is 25.4 Å². The monoisotopic (exact) mass is 427 g/mol. The van der Waals surface area contributed by atoms with Crippen LogP contribution in [-0.2, 0) is 11.3 Å². The van der Waals surface area contributed by atoms with E-state index < -0.39 is 0 Å². The molecular formula is C22H29N5O2S. The van der Waals surface area contributed by atoms with Gasteiger partial charge in [-0.1, -0.05) is 48.9 Å². The largest absolute Gasteiger partial charge is 0.353 e. The van der Waals surface area contributed by atoms with Crippen LogP contribution in [0.5, 0.6) is 0 Å². The number of hydrogen-bond acceptors (Lipinski definition) is 5. The maximum atomic E-state index is 12.7. The Kier molecular flexibility index (Phi) is 7.68. The first-order valence-corrected chi connectivity index (χ1v) is 11.3. The summed E-state index contributed by atoms with van der Waals surface area (Å²) in [6.45, 7) is 8.09. The van der Waals surface area contributed by atoms with Crippen molar-refractivity contribution in [2.45, 2.75) is 63.3 Å². The SMILES string of the molecule is C=CCn1c(SCC(=O)NC2CCCC2)nnc1C(C)NC(=O)c1ccccc1C. The van der Waals surface area contributed by atoms with Crippen molar-refractivity contribution in [1.29, 1.82) is 0 Å². The Morgan fingerprint density at radius 3 is 2.73 bits per heavy atom. The number of thioether (sulfide) groups is 1.